The van der Waals surface area contributed by atoms with Gasteiger partial charge in [-0.3, -0.25) is 0 Å². The summed E-state index contributed by atoms with van der Waals surface area (Å²) in [5.74, 6) is -0.727. The van der Waals surface area contributed by atoms with E-state index in [0.29, 0.717) is 15.6 Å². The van der Waals surface area contributed by atoms with E-state index < -0.39 is 6.04 Å². The number of halogens is 3. The van der Waals surface area contributed by atoms with Crippen LogP contribution >= 0.6 is 15.9 Å². The van der Waals surface area contributed by atoms with Gasteiger partial charge in [0.05, 0.1) is 10.5 Å². The molecule has 0 spiro atoms. The Hall–Kier alpha value is -1.26. The quantitative estimate of drug-likeness (QED) is 0.897. The highest BCUT2D eigenvalue weighted by Gasteiger charge is 2.14. The van der Waals surface area contributed by atoms with E-state index in [1.807, 2.05) is 0 Å². The van der Waals surface area contributed by atoms with Gasteiger partial charge in [0.2, 0.25) is 0 Å². The molecule has 2 aromatic carbocycles. The number of hydrogen-bond acceptors (Lipinski definition) is 1. The molecule has 0 aromatic heterocycles. The van der Waals surface area contributed by atoms with Crippen molar-refractivity contribution < 1.29 is 8.78 Å². The van der Waals surface area contributed by atoms with E-state index in [0.717, 1.165) is 0 Å². The Kier molecular flexibility index (Phi) is 3.54. The smallest absolute Gasteiger partial charge is 0.137 e. The van der Waals surface area contributed by atoms with Crippen LogP contribution in [0.1, 0.15) is 17.2 Å². The van der Waals surface area contributed by atoms with Crippen molar-refractivity contribution in [2.24, 2.45) is 5.73 Å². The number of hydrogen-bond donors (Lipinski definition) is 1. The standard InChI is InChI=1S/C13H10BrF2N/c14-10-7-8(5-6-12(10)16)13(17)9-3-1-2-4-11(9)15/h1-7,13H,17H2. The maximum atomic E-state index is 13.5. The summed E-state index contributed by atoms with van der Waals surface area (Å²) in [6.07, 6.45) is 0. The molecule has 0 heterocycles. The van der Waals surface area contributed by atoms with E-state index in [9.17, 15) is 8.78 Å². The van der Waals surface area contributed by atoms with Gasteiger partial charge in [0, 0.05) is 5.56 Å². The second kappa shape index (κ2) is 4.94. The third-order valence-electron chi connectivity index (χ3n) is 2.54. The van der Waals surface area contributed by atoms with Crippen molar-refractivity contribution in [3.8, 4) is 0 Å². The summed E-state index contributed by atoms with van der Waals surface area (Å²) in [5, 5.41) is 0. The molecule has 2 N–H and O–H groups in total. The summed E-state index contributed by atoms with van der Waals surface area (Å²) in [4.78, 5) is 0. The first-order valence-electron chi connectivity index (χ1n) is 5.04. The first-order valence-corrected chi connectivity index (χ1v) is 5.84. The molecule has 1 unspecified atom stereocenters. The molecule has 0 aliphatic carbocycles. The monoisotopic (exact) mass is 297 g/mol. The fraction of sp³-hybridized carbons (Fsp3) is 0.0769. The molecule has 0 saturated heterocycles. The molecule has 0 saturated carbocycles. The van der Waals surface area contributed by atoms with Crippen LogP contribution < -0.4 is 5.73 Å². The molecule has 2 rings (SSSR count). The Bertz CT molecular complexity index is 543. The fourth-order valence-corrected chi connectivity index (χ4v) is 2.01. The van der Waals surface area contributed by atoms with E-state index in [1.165, 1.54) is 12.1 Å². The van der Waals surface area contributed by atoms with Gasteiger partial charge in [-0.15, -0.1) is 0 Å². The van der Waals surface area contributed by atoms with E-state index in [2.05, 4.69) is 15.9 Å². The molecule has 4 heteroatoms. The second-order valence-electron chi connectivity index (χ2n) is 3.67. The van der Waals surface area contributed by atoms with Gasteiger partial charge in [-0.25, -0.2) is 8.78 Å². The highest BCUT2D eigenvalue weighted by atomic mass is 79.9. The number of benzene rings is 2. The summed E-state index contributed by atoms with van der Waals surface area (Å²) in [6, 6.07) is 10.1. The summed E-state index contributed by atoms with van der Waals surface area (Å²) >= 11 is 3.08. The highest BCUT2D eigenvalue weighted by Crippen LogP contribution is 2.25. The minimum atomic E-state index is -0.604. The summed E-state index contributed by atoms with van der Waals surface area (Å²) in [6.45, 7) is 0. The van der Waals surface area contributed by atoms with E-state index in [-0.39, 0.29) is 11.6 Å². The van der Waals surface area contributed by atoms with Crippen LogP contribution in [0.5, 0.6) is 0 Å². The van der Waals surface area contributed by atoms with Crippen molar-refractivity contribution in [1.29, 1.82) is 0 Å². The molecule has 1 atom stereocenters. The molecule has 17 heavy (non-hydrogen) atoms. The van der Waals surface area contributed by atoms with Gasteiger partial charge in [-0.1, -0.05) is 24.3 Å². The Morgan fingerprint density at radius 3 is 2.35 bits per heavy atom. The highest BCUT2D eigenvalue weighted by molar-refractivity contribution is 9.10. The van der Waals surface area contributed by atoms with Gasteiger partial charge in [0.25, 0.3) is 0 Å². The first kappa shape index (κ1) is 12.2. The lowest BCUT2D eigenvalue weighted by atomic mass is 9.99. The van der Waals surface area contributed by atoms with Gasteiger partial charge >= 0.3 is 0 Å². The van der Waals surface area contributed by atoms with Crippen LogP contribution in [0, 0.1) is 11.6 Å². The van der Waals surface area contributed by atoms with E-state index in [4.69, 9.17) is 5.73 Å². The molecule has 0 bridgehead atoms. The number of rotatable bonds is 2. The summed E-state index contributed by atoms with van der Waals surface area (Å²) in [7, 11) is 0. The predicted molar refractivity (Wildman–Crippen MR) is 66.5 cm³/mol. The Labute approximate surface area is 106 Å². The third-order valence-corrected chi connectivity index (χ3v) is 3.15. The Morgan fingerprint density at radius 1 is 1.00 bits per heavy atom. The van der Waals surface area contributed by atoms with Crippen molar-refractivity contribution in [2.75, 3.05) is 0 Å². The van der Waals surface area contributed by atoms with Crippen LogP contribution in [0.4, 0.5) is 8.78 Å². The molecule has 0 aliphatic rings. The van der Waals surface area contributed by atoms with Crippen LogP contribution in [0.25, 0.3) is 0 Å². The first-order chi connectivity index (χ1) is 8.09. The molecule has 0 amide bonds. The van der Waals surface area contributed by atoms with E-state index >= 15 is 0 Å². The summed E-state index contributed by atoms with van der Waals surface area (Å²) in [5.41, 5.74) is 7.00. The fourth-order valence-electron chi connectivity index (χ4n) is 1.61. The van der Waals surface area contributed by atoms with Gasteiger partial charge in [-0.05, 0) is 39.7 Å². The van der Waals surface area contributed by atoms with Gasteiger partial charge in [0.1, 0.15) is 11.6 Å². The molecule has 88 valence electrons. The van der Waals surface area contributed by atoms with Crippen molar-refractivity contribution in [2.45, 2.75) is 6.04 Å². The zero-order valence-electron chi connectivity index (χ0n) is 8.83. The molecule has 0 radical (unpaired) electrons. The molecule has 1 nitrogen and oxygen atoms in total. The van der Waals surface area contributed by atoms with E-state index in [1.54, 1.807) is 30.3 Å². The lowest BCUT2D eigenvalue weighted by Gasteiger charge is -2.13. The van der Waals surface area contributed by atoms with Crippen LogP contribution in [0.3, 0.4) is 0 Å². The molecular weight excluding hydrogens is 288 g/mol. The average Bonchev–Trinajstić information content (AvgIpc) is 2.32. The van der Waals surface area contributed by atoms with Gasteiger partial charge < -0.3 is 5.73 Å². The lowest BCUT2D eigenvalue weighted by molar-refractivity contribution is 0.598. The zero-order chi connectivity index (χ0) is 12.4. The normalized spacial score (nSPS) is 12.5. The van der Waals surface area contributed by atoms with Crippen LogP contribution in [0.15, 0.2) is 46.9 Å². The molecular formula is C13H10BrF2N. The molecule has 2 aromatic rings. The maximum absolute atomic E-state index is 13.5. The lowest BCUT2D eigenvalue weighted by Crippen LogP contribution is -2.13. The minimum absolute atomic E-state index is 0.321. The van der Waals surface area contributed by atoms with Crippen molar-refractivity contribution in [1.82, 2.24) is 0 Å². The van der Waals surface area contributed by atoms with Gasteiger partial charge in [-0.2, -0.15) is 0 Å². The van der Waals surface area contributed by atoms with Crippen molar-refractivity contribution in [3.05, 3.63) is 69.7 Å². The van der Waals surface area contributed by atoms with Crippen LogP contribution in [-0.2, 0) is 0 Å². The van der Waals surface area contributed by atoms with Crippen LogP contribution in [0.2, 0.25) is 0 Å². The number of nitrogens with two attached hydrogens (primary N) is 1. The second-order valence-corrected chi connectivity index (χ2v) is 4.53. The van der Waals surface area contributed by atoms with Gasteiger partial charge in [0.15, 0.2) is 0 Å². The van der Waals surface area contributed by atoms with Crippen molar-refractivity contribution >= 4 is 15.9 Å². The van der Waals surface area contributed by atoms with Crippen molar-refractivity contribution in [3.63, 3.8) is 0 Å². The Morgan fingerprint density at radius 2 is 1.71 bits per heavy atom. The molecule has 0 aliphatic heterocycles. The Balaban J connectivity index is 2.40. The van der Waals surface area contributed by atoms with Crippen LogP contribution in [-0.4, -0.2) is 0 Å². The topological polar surface area (TPSA) is 26.0 Å². The SMILES string of the molecule is NC(c1ccc(F)c(Br)c1)c1ccccc1F. The third kappa shape index (κ3) is 2.53. The predicted octanol–water partition coefficient (Wildman–Crippen LogP) is 3.78. The largest absolute Gasteiger partial charge is 0.320 e. The molecule has 0 fully saturated rings. The average molecular weight is 298 g/mol. The summed E-state index contributed by atoms with van der Waals surface area (Å²) < 4.78 is 26.9. The minimum Gasteiger partial charge on any atom is -0.320 e. The zero-order valence-corrected chi connectivity index (χ0v) is 10.4. The maximum Gasteiger partial charge on any atom is 0.137 e.